The van der Waals surface area contributed by atoms with Crippen molar-refractivity contribution in [2.24, 2.45) is 10.4 Å². The molecule has 0 unspecified atom stereocenters. The van der Waals surface area contributed by atoms with Gasteiger partial charge in [-0.3, -0.25) is 4.99 Å². The second kappa shape index (κ2) is 8.71. The standard InChI is InChI=1S/C20H34N6/c1-4-20(7-5-8-20)16-24-19(21-2)23-15-17-6-9-22-18(14-17)26-12-10-25(3)11-13-26/h6,9,14H,4-5,7-8,10-13,15-16H2,1-3H3,(H2,21,23,24). The lowest BCUT2D eigenvalue weighted by molar-refractivity contribution is 0.131. The van der Waals surface area contributed by atoms with Crippen molar-refractivity contribution in [3.63, 3.8) is 0 Å². The van der Waals surface area contributed by atoms with Crippen LogP contribution in [-0.2, 0) is 6.54 Å². The Morgan fingerprint density at radius 2 is 2.00 bits per heavy atom. The molecule has 26 heavy (non-hydrogen) atoms. The molecule has 1 aromatic heterocycles. The second-order valence-electron chi connectivity index (χ2n) is 7.80. The molecule has 0 radical (unpaired) electrons. The number of nitrogens with zero attached hydrogens (tertiary/aromatic N) is 4. The summed E-state index contributed by atoms with van der Waals surface area (Å²) in [6.45, 7) is 8.37. The van der Waals surface area contributed by atoms with E-state index in [9.17, 15) is 0 Å². The molecule has 2 heterocycles. The molecule has 0 aromatic carbocycles. The molecule has 2 N–H and O–H groups in total. The Kier molecular flexibility index (Phi) is 6.35. The van der Waals surface area contributed by atoms with Gasteiger partial charge in [0.15, 0.2) is 5.96 Å². The predicted molar refractivity (Wildman–Crippen MR) is 109 cm³/mol. The van der Waals surface area contributed by atoms with Crippen LogP contribution in [0, 0.1) is 5.41 Å². The molecule has 144 valence electrons. The van der Waals surface area contributed by atoms with E-state index in [0.29, 0.717) is 5.41 Å². The Balaban J connectivity index is 1.51. The lowest BCUT2D eigenvalue weighted by Crippen LogP contribution is -2.46. The Morgan fingerprint density at radius 3 is 2.62 bits per heavy atom. The monoisotopic (exact) mass is 358 g/mol. The molecule has 0 amide bonds. The van der Waals surface area contributed by atoms with Crippen molar-refractivity contribution in [2.75, 3.05) is 51.7 Å². The van der Waals surface area contributed by atoms with Crippen molar-refractivity contribution in [1.82, 2.24) is 20.5 Å². The third-order valence-corrected chi connectivity index (χ3v) is 6.12. The quantitative estimate of drug-likeness (QED) is 0.602. The third-order valence-electron chi connectivity index (χ3n) is 6.12. The van der Waals surface area contributed by atoms with Crippen LogP contribution in [-0.4, -0.2) is 62.7 Å². The number of aliphatic imine (C=N–C) groups is 1. The van der Waals surface area contributed by atoms with Gasteiger partial charge in [0.2, 0.25) is 0 Å². The summed E-state index contributed by atoms with van der Waals surface area (Å²) in [4.78, 5) is 13.7. The van der Waals surface area contributed by atoms with Gasteiger partial charge in [-0.25, -0.2) is 4.98 Å². The van der Waals surface area contributed by atoms with Gasteiger partial charge in [0.25, 0.3) is 0 Å². The van der Waals surface area contributed by atoms with E-state index in [2.05, 4.69) is 56.5 Å². The minimum Gasteiger partial charge on any atom is -0.356 e. The Bertz CT molecular complexity index is 597. The highest BCUT2D eigenvalue weighted by Gasteiger charge is 2.34. The number of nitrogens with one attached hydrogen (secondary N) is 2. The first kappa shape index (κ1) is 19.0. The molecule has 0 bridgehead atoms. The highest BCUT2D eigenvalue weighted by atomic mass is 15.3. The van der Waals surface area contributed by atoms with E-state index in [0.717, 1.165) is 51.0 Å². The number of pyridine rings is 1. The lowest BCUT2D eigenvalue weighted by Gasteiger charge is -2.41. The van der Waals surface area contributed by atoms with Crippen LogP contribution in [0.4, 0.5) is 5.82 Å². The number of guanidine groups is 1. The fraction of sp³-hybridized carbons (Fsp3) is 0.700. The van der Waals surface area contributed by atoms with Gasteiger partial charge in [0, 0.05) is 52.5 Å². The van der Waals surface area contributed by atoms with Crippen LogP contribution in [0.25, 0.3) is 0 Å². The Labute approximate surface area is 158 Å². The van der Waals surface area contributed by atoms with Crippen molar-refractivity contribution >= 4 is 11.8 Å². The zero-order valence-corrected chi connectivity index (χ0v) is 16.6. The molecule has 6 heteroatoms. The predicted octanol–water partition coefficient (Wildman–Crippen LogP) is 2.08. The normalized spacial score (nSPS) is 20.6. The molecule has 3 rings (SSSR count). The lowest BCUT2D eigenvalue weighted by atomic mass is 9.67. The summed E-state index contributed by atoms with van der Waals surface area (Å²) in [5, 5.41) is 6.98. The van der Waals surface area contributed by atoms with Crippen LogP contribution >= 0.6 is 0 Å². The number of anilines is 1. The van der Waals surface area contributed by atoms with E-state index >= 15 is 0 Å². The highest BCUT2D eigenvalue weighted by molar-refractivity contribution is 5.79. The average Bonchev–Trinajstić information content (AvgIpc) is 2.64. The molecule has 1 aromatic rings. The summed E-state index contributed by atoms with van der Waals surface area (Å²) in [6, 6.07) is 4.28. The highest BCUT2D eigenvalue weighted by Crippen LogP contribution is 2.42. The minimum absolute atomic E-state index is 0.489. The largest absolute Gasteiger partial charge is 0.356 e. The van der Waals surface area contributed by atoms with E-state index in [1.807, 2.05) is 13.2 Å². The Morgan fingerprint density at radius 1 is 1.23 bits per heavy atom. The maximum atomic E-state index is 4.57. The van der Waals surface area contributed by atoms with Crippen molar-refractivity contribution < 1.29 is 0 Å². The summed E-state index contributed by atoms with van der Waals surface area (Å²) >= 11 is 0. The maximum Gasteiger partial charge on any atom is 0.191 e. The molecule has 0 spiro atoms. The average molecular weight is 359 g/mol. The van der Waals surface area contributed by atoms with Gasteiger partial charge in [-0.1, -0.05) is 13.3 Å². The smallest absolute Gasteiger partial charge is 0.191 e. The number of likely N-dealkylation sites (N-methyl/N-ethyl adjacent to an activating group) is 1. The summed E-state index contributed by atoms with van der Waals surface area (Å²) in [7, 11) is 4.02. The summed E-state index contributed by atoms with van der Waals surface area (Å²) in [6.07, 6.45) is 7.21. The third kappa shape index (κ3) is 4.67. The Hall–Kier alpha value is -1.82. The minimum atomic E-state index is 0.489. The molecule has 1 saturated carbocycles. The van der Waals surface area contributed by atoms with Gasteiger partial charge in [0.1, 0.15) is 5.82 Å². The molecule has 0 atom stereocenters. The van der Waals surface area contributed by atoms with Crippen LogP contribution in [0.15, 0.2) is 23.3 Å². The van der Waals surface area contributed by atoms with Crippen LogP contribution < -0.4 is 15.5 Å². The van der Waals surface area contributed by atoms with Gasteiger partial charge >= 0.3 is 0 Å². The molecule has 1 aliphatic carbocycles. The number of rotatable bonds is 6. The summed E-state index contributed by atoms with van der Waals surface area (Å²) in [5.74, 6) is 1.97. The zero-order valence-electron chi connectivity index (χ0n) is 16.6. The SMILES string of the molecule is CCC1(CNC(=NC)NCc2ccnc(N3CCN(C)CC3)c2)CCC1. The van der Waals surface area contributed by atoms with Crippen molar-refractivity contribution in [2.45, 2.75) is 39.2 Å². The van der Waals surface area contributed by atoms with E-state index in [1.165, 1.54) is 31.2 Å². The van der Waals surface area contributed by atoms with Crippen LogP contribution in [0.2, 0.25) is 0 Å². The van der Waals surface area contributed by atoms with Crippen LogP contribution in [0.5, 0.6) is 0 Å². The molecule has 2 aliphatic rings. The first-order valence-electron chi connectivity index (χ1n) is 9.97. The van der Waals surface area contributed by atoms with Gasteiger partial charge in [-0.15, -0.1) is 0 Å². The van der Waals surface area contributed by atoms with Crippen LogP contribution in [0.3, 0.4) is 0 Å². The van der Waals surface area contributed by atoms with Gasteiger partial charge < -0.3 is 20.4 Å². The fourth-order valence-corrected chi connectivity index (χ4v) is 3.79. The van der Waals surface area contributed by atoms with Gasteiger partial charge in [-0.2, -0.15) is 0 Å². The number of hydrogen-bond acceptors (Lipinski definition) is 4. The van der Waals surface area contributed by atoms with E-state index in [-0.39, 0.29) is 0 Å². The number of aromatic nitrogens is 1. The van der Waals surface area contributed by atoms with Gasteiger partial charge in [0.05, 0.1) is 0 Å². The van der Waals surface area contributed by atoms with E-state index in [1.54, 1.807) is 0 Å². The van der Waals surface area contributed by atoms with Gasteiger partial charge in [-0.05, 0) is 49.4 Å². The summed E-state index contributed by atoms with van der Waals surface area (Å²) in [5.41, 5.74) is 1.73. The number of piperazine rings is 1. The van der Waals surface area contributed by atoms with Crippen molar-refractivity contribution in [1.29, 1.82) is 0 Å². The zero-order chi connectivity index (χ0) is 18.4. The fourth-order valence-electron chi connectivity index (χ4n) is 3.79. The molecular weight excluding hydrogens is 324 g/mol. The molecule has 2 fully saturated rings. The van der Waals surface area contributed by atoms with Crippen molar-refractivity contribution in [3.05, 3.63) is 23.9 Å². The summed E-state index contributed by atoms with van der Waals surface area (Å²) < 4.78 is 0. The first-order valence-corrected chi connectivity index (χ1v) is 9.97. The van der Waals surface area contributed by atoms with E-state index in [4.69, 9.17) is 0 Å². The topological polar surface area (TPSA) is 55.8 Å². The molecule has 1 saturated heterocycles. The first-order chi connectivity index (χ1) is 12.6. The molecule has 1 aliphatic heterocycles. The molecular formula is C20H34N6. The second-order valence-corrected chi connectivity index (χ2v) is 7.80. The van der Waals surface area contributed by atoms with E-state index < -0.39 is 0 Å². The number of hydrogen-bond donors (Lipinski definition) is 2. The maximum absolute atomic E-state index is 4.57. The van der Waals surface area contributed by atoms with Crippen molar-refractivity contribution in [3.8, 4) is 0 Å². The van der Waals surface area contributed by atoms with Crippen LogP contribution in [0.1, 0.15) is 38.2 Å². The molecule has 6 nitrogen and oxygen atoms in total.